The number of rotatable bonds is 5. The highest BCUT2D eigenvalue weighted by atomic mass is 79.9. The van der Waals surface area contributed by atoms with E-state index in [0.717, 1.165) is 22.2 Å². The van der Waals surface area contributed by atoms with Crippen LogP contribution in [0, 0.1) is 13.8 Å². The number of amides is 1. The third-order valence-corrected chi connectivity index (χ3v) is 6.12. The monoisotopic (exact) mass is 477 g/mol. The number of aromatic nitrogens is 2. The van der Waals surface area contributed by atoms with E-state index >= 15 is 0 Å². The average Bonchev–Trinajstić information content (AvgIpc) is 3.18. The normalized spacial score (nSPS) is 10.8. The van der Waals surface area contributed by atoms with Gasteiger partial charge >= 0.3 is 0 Å². The Kier molecular flexibility index (Phi) is 6.06. The molecule has 0 radical (unpaired) electrons. The lowest BCUT2D eigenvalue weighted by molar-refractivity contribution is 0.102. The van der Waals surface area contributed by atoms with Gasteiger partial charge in [-0.05, 0) is 66.8 Å². The molecule has 4 aromatic rings. The zero-order valence-electron chi connectivity index (χ0n) is 16.6. The molecule has 6 heteroatoms. The predicted octanol–water partition coefficient (Wildman–Crippen LogP) is 6.43. The van der Waals surface area contributed by atoms with Gasteiger partial charge in [0.15, 0.2) is 5.13 Å². The van der Waals surface area contributed by atoms with Gasteiger partial charge in [0.25, 0.3) is 5.91 Å². The predicted molar refractivity (Wildman–Crippen MR) is 126 cm³/mol. The van der Waals surface area contributed by atoms with Gasteiger partial charge in [0.2, 0.25) is 0 Å². The number of aryl methyl sites for hydroxylation is 2. The summed E-state index contributed by atoms with van der Waals surface area (Å²) in [6.07, 6.45) is 4.09. The van der Waals surface area contributed by atoms with Gasteiger partial charge in [0.05, 0.1) is 5.69 Å². The molecular weight excluding hydrogens is 458 g/mol. The molecule has 0 fully saturated rings. The molecule has 0 saturated carbocycles. The molecule has 2 heterocycles. The Morgan fingerprint density at radius 1 is 1.00 bits per heavy atom. The van der Waals surface area contributed by atoms with Crippen LogP contribution < -0.4 is 5.32 Å². The first kappa shape index (κ1) is 20.4. The van der Waals surface area contributed by atoms with Crippen LogP contribution in [0.4, 0.5) is 5.13 Å². The molecule has 0 saturated heterocycles. The van der Waals surface area contributed by atoms with Crippen molar-refractivity contribution in [3.8, 4) is 11.3 Å². The van der Waals surface area contributed by atoms with Crippen LogP contribution in [0.2, 0.25) is 0 Å². The number of benzene rings is 2. The number of pyridine rings is 1. The number of thiazole rings is 1. The first-order valence-electron chi connectivity index (χ1n) is 9.51. The fourth-order valence-electron chi connectivity index (χ4n) is 3.52. The van der Waals surface area contributed by atoms with Gasteiger partial charge in [-0.15, -0.1) is 11.3 Å². The second kappa shape index (κ2) is 8.90. The van der Waals surface area contributed by atoms with E-state index in [-0.39, 0.29) is 5.91 Å². The van der Waals surface area contributed by atoms with Crippen LogP contribution in [-0.4, -0.2) is 15.9 Å². The van der Waals surface area contributed by atoms with Gasteiger partial charge in [-0.3, -0.25) is 15.1 Å². The van der Waals surface area contributed by atoms with Crippen molar-refractivity contribution in [3.05, 3.63) is 98.6 Å². The van der Waals surface area contributed by atoms with E-state index in [0.29, 0.717) is 10.7 Å². The van der Waals surface area contributed by atoms with E-state index in [1.165, 1.54) is 33.6 Å². The smallest absolute Gasteiger partial charge is 0.257 e. The number of anilines is 1. The zero-order chi connectivity index (χ0) is 21.1. The lowest BCUT2D eigenvalue weighted by Gasteiger charge is -2.11. The second-order valence-corrected chi connectivity index (χ2v) is 8.91. The van der Waals surface area contributed by atoms with Crippen LogP contribution >= 0.6 is 27.3 Å². The number of hydrogen-bond acceptors (Lipinski definition) is 4. The van der Waals surface area contributed by atoms with Crippen LogP contribution in [0.3, 0.4) is 0 Å². The molecule has 150 valence electrons. The highest BCUT2D eigenvalue weighted by molar-refractivity contribution is 9.10. The van der Waals surface area contributed by atoms with Gasteiger partial charge in [-0.25, -0.2) is 4.98 Å². The quantitative estimate of drug-likeness (QED) is 0.360. The molecule has 0 aliphatic heterocycles. The lowest BCUT2D eigenvalue weighted by Crippen LogP contribution is -2.11. The molecular formula is C24H20BrN3OS. The van der Waals surface area contributed by atoms with Crippen LogP contribution in [0.1, 0.15) is 32.6 Å². The maximum atomic E-state index is 12.4. The van der Waals surface area contributed by atoms with E-state index in [4.69, 9.17) is 0 Å². The van der Waals surface area contributed by atoms with Gasteiger partial charge < -0.3 is 0 Å². The minimum Gasteiger partial charge on any atom is -0.298 e. The summed E-state index contributed by atoms with van der Waals surface area (Å²) >= 11 is 4.91. The van der Waals surface area contributed by atoms with Crippen LogP contribution in [0.25, 0.3) is 11.3 Å². The zero-order valence-corrected chi connectivity index (χ0v) is 19.0. The highest BCUT2D eigenvalue weighted by Crippen LogP contribution is 2.32. The van der Waals surface area contributed by atoms with Crippen molar-refractivity contribution in [2.24, 2.45) is 0 Å². The third-order valence-electron chi connectivity index (χ3n) is 4.84. The van der Waals surface area contributed by atoms with Crippen molar-refractivity contribution >= 4 is 38.3 Å². The van der Waals surface area contributed by atoms with E-state index < -0.39 is 0 Å². The molecule has 0 aliphatic rings. The van der Waals surface area contributed by atoms with Crippen LogP contribution in [-0.2, 0) is 6.42 Å². The van der Waals surface area contributed by atoms with Gasteiger partial charge in [0, 0.05) is 33.4 Å². The molecule has 0 spiro atoms. The van der Waals surface area contributed by atoms with Gasteiger partial charge in [-0.1, -0.05) is 40.2 Å². The molecule has 2 aromatic heterocycles. The number of halogens is 1. The van der Waals surface area contributed by atoms with Crippen molar-refractivity contribution in [2.45, 2.75) is 20.3 Å². The summed E-state index contributed by atoms with van der Waals surface area (Å²) in [6.45, 7) is 4.23. The number of carbonyl (C=O) groups is 1. The van der Waals surface area contributed by atoms with Crippen molar-refractivity contribution in [3.63, 3.8) is 0 Å². The lowest BCUT2D eigenvalue weighted by atomic mass is 9.94. The molecule has 1 amide bonds. The first-order valence-corrected chi connectivity index (χ1v) is 11.2. The summed E-state index contributed by atoms with van der Waals surface area (Å²) < 4.78 is 1.09. The number of nitrogens with zero attached hydrogens (tertiary/aromatic N) is 2. The SMILES string of the molecule is Cc1cc(Cc2ccc(Br)cc2)cc(C)c1-c1csc(NC(=O)c2ccncc2)n1. The topological polar surface area (TPSA) is 54.9 Å². The van der Waals surface area contributed by atoms with Crippen molar-refractivity contribution in [2.75, 3.05) is 5.32 Å². The maximum absolute atomic E-state index is 12.4. The molecule has 0 atom stereocenters. The summed E-state index contributed by atoms with van der Waals surface area (Å²) in [6, 6.07) is 16.2. The Labute approximate surface area is 188 Å². The molecule has 0 bridgehead atoms. The fourth-order valence-corrected chi connectivity index (χ4v) is 4.48. The van der Waals surface area contributed by atoms with Gasteiger partial charge in [0.1, 0.15) is 0 Å². The second-order valence-electron chi connectivity index (χ2n) is 7.14. The van der Waals surface area contributed by atoms with Crippen LogP contribution in [0.5, 0.6) is 0 Å². The molecule has 4 nitrogen and oxygen atoms in total. The van der Waals surface area contributed by atoms with Crippen molar-refractivity contribution in [1.82, 2.24) is 9.97 Å². The molecule has 30 heavy (non-hydrogen) atoms. The number of carbonyl (C=O) groups excluding carboxylic acids is 1. The number of nitrogens with one attached hydrogen (secondary N) is 1. The average molecular weight is 478 g/mol. The molecule has 1 N–H and O–H groups in total. The molecule has 2 aromatic carbocycles. The summed E-state index contributed by atoms with van der Waals surface area (Å²) in [5.41, 5.74) is 7.48. The minimum absolute atomic E-state index is 0.184. The van der Waals surface area contributed by atoms with E-state index in [1.807, 2.05) is 5.38 Å². The van der Waals surface area contributed by atoms with Crippen LogP contribution in [0.15, 0.2) is 70.8 Å². The summed E-state index contributed by atoms with van der Waals surface area (Å²) in [5.74, 6) is -0.184. The summed E-state index contributed by atoms with van der Waals surface area (Å²) in [7, 11) is 0. The van der Waals surface area contributed by atoms with E-state index in [1.54, 1.807) is 24.5 Å². The molecule has 4 rings (SSSR count). The Balaban J connectivity index is 1.54. The Morgan fingerprint density at radius 3 is 2.33 bits per heavy atom. The Hall–Kier alpha value is -2.83. The Morgan fingerprint density at radius 2 is 1.67 bits per heavy atom. The molecule has 0 unspecified atom stereocenters. The maximum Gasteiger partial charge on any atom is 0.257 e. The van der Waals surface area contributed by atoms with Crippen molar-refractivity contribution < 1.29 is 4.79 Å². The Bertz CT molecular complexity index is 1160. The fraction of sp³-hybridized carbons (Fsp3) is 0.125. The summed E-state index contributed by atoms with van der Waals surface area (Å²) in [5, 5.41) is 5.45. The standard InChI is InChI=1S/C24H20BrN3OS/c1-15-11-18(13-17-3-5-20(25)6-4-17)12-16(2)22(15)21-14-30-24(27-21)28-23(29)19-7-9-26-10-8-19/h3-12,14H,13H2,1-2H3,(H,27,28,29). The largest absolute Gasteiger partial charge is 0.298 e. The third kappa shape index (κ3) is 4.66. The first-order chi connectivity index (χ1) is 14.5. The molecule has 0 aliphatic carbocycles. The number of hydrogen-bond donors (Lipinski definition) is 1. The summed E-state index contributed by atoms with van der Waals surface area (Å²) in [4.78, 5) is 21.0. The van der Waals surface area contributed by atoms with Gasteiger partial charge in [-0.2, -0.15) is 0 Å². The van der Waals surface area contributed by atoms with E-state index in [9.17, 15) is 4.79 Å². The van der Waals surface area contributed by atoms with Crippen molar-refractivity contribution in [1.29, 1.82) is 0 Å². The van der Waals surface area contributed by atoms with E-state index in [2.05, 4.69) is 81.5 Å². The highest BCUT2D eigenvalue weighted by Gasteiger charge is 2.14. The minimum atomic E-state index is -0.184.